The zero-order valence-electron chi connectivity index (χ0n) is 11.8. The minimum Gasteiger partial charge on any atom is -0.507 e. The molecule has 0 aromatic heterocycles. The van der Waals surface area contributed by atoms with Crippen molar-refractivity contribution in [2.75, 3.05) is 7.11 Å². The molecule has 0 radical (unpaired) electrons. The Balaban J connectivity index is 1.95. The van der Waals surface area contributed by atoms with Crippen LogP contribution in [0.4, 0.5) is 0 Å². The molecule has 3 N–H and O–H groups in total. The fourth-order valence-electron chi connectivity index (χ4n) is 2.58. The van der Waals surface area contributed by atoms with E-state index in [1.54, 1.807) is 6.07 Å². The molecule has 0 spiro atoms. The number of hydrogen-bond donors (Lipinski definition) is 3. The van der Waals surface area contributed by atoms with Gasteiger partial charge in [-0.05, 0) is 37.8 Å². The molecule has 1 amide bonds. The highest BCUT2D eigenvalue weighted by Crippen LogP contribution is 2.26. The average molecular weight is 293 g/mol. The van der Waals surface area contributed by atoms with Crippen molar-refractivity contribution in [3.05, 3.63) is 23.8 Å². The molecule has 0 saturated heterocycles. The van der Waals surface area contributed by atoms with Crippen LogP contribution in [0.25, 0.3) is 0 Å². The summed E-state index contributed by atoms with van der Waals surface area (Å²) >= 11 is 0. The number of phenols is 1. The molecule has 1 saturated carbocycles. The minimum absolute atomic E-state index is 0.0467. The molecule has 1 aromatic carbocycles. The number of ether oxygens (including phenoxy) is 1. The minimum atomic E-state index is -0.771. The molecule has 2 rings (SSSR count). The van der Waals surface area contributed by atoms with Crippen LogP contribution in [0, 0.1) is 5.92 Å². The Morgan fingerprint density at radius 3 is 2.43 bits per heavy atom. The SMILES string of the molecule is COc1ccc(C(=O)NC2CCC(C(=O)O)CC2)c(O)c1. The number of nitrogens with one attached hydrogen (secondary N) is 1. The predicted molar refractivity (Wildman–Crippen MR) is 75.5 cm³/mol. The Morgan fingerprint density at radius 1 is 1.24 bits per heavy atom. The molecule has 1 fully saturated rings. The maximum absolute atomic E-state index is 12.1. The van der Waals surface area contributed by atoms with E-state index in [9.17, 15) is 14.7 Å². The van der Waals surface area contributed by atoms with Crippen molar-refractivity contribution >= 4 is 11.9 Å². The highest BCUT2D eigenvalue weighted by Gasteiger charge is 2.27. The predicted octanol–water partition coefficient (Wildman–Crippen LogP) is 1.77. The van der Waals surface area contributed by atoms with Gasteiger partial charge in [-0.2, -0.15) is 0 Å². The van der Waals surface area contributed by atoms with Crippen molar-refractivity contribution in [2.24, 2.45) is 5.92 Å². The van der Waals surface area contributed by atoms with E-state index in [2.05, 4.69) is 5.32 Å². The van der Waals surface area contributed by atoms with Gasteiger partial charge < -0.3 is 20.3 Å². The number of carboxylic acids is 1. The molecule has 0 atom stereocenters. The highest BCUT2D eigenvalue weighted by molar-refractivity contribution is 5.97. The van der Waals surface area contributed by atoms with E-state index in [1.807, 2.05) is 0 Å². The Bertz CT molecular complexity index is 535. The molecule has 0 aliphatic heterocycles. The molecule has 6 heteroatoms. The van der Waals surface area contributed by atoms with E-state index in [0.717, 1.165) is 0 Å². The van der Waals surface area contributed by atoms with Crippen LogP contribution >= 0.6 is 0 Å². The molecule has 21 heavy (non-hydrogen) atoms. The summed E-state index contributed by atoms with van der Waals surface area (Å²) < 4.78 is 4.97. The lowest BCUT2D eigenvalue weighted by atomic mass is 9.86. The zero-order chi connectivity index (χ0) is 15.4. The topological polar surface area (TPSA) is 95.9 Å². The second-order valence-corrected chi connectivity index (χ2v) is 5.24. The number of hydrogen-bond acceptors (Lipinski definition) is 4. The smallest absolute Gasteiger partial charge is 0.306 e. The lowest BCUT2D eigenvalue weighted by Gasteiger charge is -2.26. The number of carbonyl (C=O) groups is 2. The summed E-state index contributed by atoms with van der Waals surface area (Å²) in [4.78, 5) is 23.0. The number of carboxylic acid groups (broad SMARTS) is 1. The van der Waals surface area contributed by atoms with Crippen LogP contribution in [0.15, 0.2) is 18.2 Å². The largest absolute Gasteiger partial charge is 0.507 e. The van der Waals surface area contributed by atoms with Crippen molar-refractivity contribution < 1.29 is 24.5 Å². The first-order valence-corrected chi connectivity index (χ1v) is 6.92. The molecular formula is C15H19NO5. The summed E-state index contributed by atoms with van der Waals surface area (Å²) in [6.07, 6.45) is 2.41. The number of rotatable bonds is 4. The molecule has 1 aliphatic carbocycles. The number of aromatic hydroxyl groups is 1. The first-order chi connectivity index (χ1) is 10.0. The average Bonchev–Trinajstić information content (AvgIpc) is 2.47. The standard InChI is InChI=1S/C15H19NO5/c1-21-11-6-7-12(13(17)8-11)14(18)16-10-4-2-9(3-5-10)15(19)20/h6-10,17H,2-5H2,1H3,(H,16,18)(H,19,20). The number of phenolic OH excluding ortho intramolecular Hbond substituents is 1. The van der Waals surface area contributed by atoms with Crippen LogP contribution in [-0.4, -0.2) is 35.2 Å². The van der Waals surface area contributed by atoms with Crippen molar-refractivity contribution in [1.29, 1.82) is 0 Å². The first-order valence-electron chi connectivity index (χ1n) is 6.92. The van der Waals surface area contributed by atoms with Crippen LogP contribution in [0.1, 0.15) is 36.0 Å². The monoisotopic (exact) mass is 293 g/mol. The van der Waals surface area contributed by atoms with E-state index < -0.39 is 5.97 Å². The van der Waals surface area contributed by atoms with Crippen LogP contribution in [0.3, 0.4) is 0 Å². The lowest BCUT2D eigenvalue weighted by molar-refractivity contribution is -0.142. The van der Waals surface area contributed by atoms with Crippen LogP contribution < -0.4 is 10.1 Å². The van der Waals surface area contributed by atoms with Gasteiger partial charge in [-0.25, -0.2) is 0 Å². The summed E-state index contributed by atoms with van der Waals surface area (Å²) in [5, 5.41) is 21.6. The van der Waals surface area contributed by atoms with Gasteiger partial charge in [0.1, 0.15) is 11.5 Å². The Labute approximate surface area is 122 Å². The lowest BCUT2D eigenvalue weighted by Crippen LogP contribution is -2.38. The summed E-state index contributed by atoms with van der Waals surface area (Å²) in [6, 6.07) is 4.45. The molecule has 114 valence electrons. The summed E-state index contributed by atoms with van der Waals surface area (Å²) in [5.74, 6) is -1.09. The number of aliphatic carboxylic acids is 1. The van der Waals surface area contributed by atoms with Crippen molar-refractivity contribution in [3.63, 3.8) is 0 Å². The highest BCUT2D eigenvalue weighted by atomic mass is 16.5. The Morgan fingerprint density at radius 2 is 1.90 bits per heavy atom. The quantitative estimate of drug-likeness (QED) is 0.786. The maximum atomic E-state index is 12.1. The normalized spacial score (nSPS) is 21.6. The van der Waals surface area contributed by atoms with Gasteiger partial charge in [0, 0.05) is 12.1 Å². The van der Waals surface area contributed by atoms with Gasteiger partial charge in [-0.15, -0.1) is 0 Å². The fraction of sp³-hybridized carbons (Fsp3) is 0.467. The van der Waals surface area contributed by atoms with Gasteiger partial charge in [0.15, 0.2) is 0 Å². The molecule has 1 aromatic rings. The van der Waals surface area contributed by atoms with Gasteiger partial charge in [-0.1, -0.05) is 0 Å². The number of benzene rings is 1. The second-order valence-electron chi connectivity index (χ2n) is 5.24. The number of carbonyl (C=O) groups excluding carboxylic acids is 1. The third kappa shape index (κ3) is 3.65. The third-order valence-corrected chi connectivity index (χ3v) is 3.86. The Hall–Kier alpha value is -2.24. The van der Waals surface area contributed by atoms with E-state index in [1.165, 1.54) is 19.2 Å². The van der Waals surface area contributed by atoms with Gasteiger partial charge >= 0.3 is 5.97 Å². The van der Waals surface area contributed by atoms with Crippen molar-refractivity contribution in [1.82, 2.24) is 5.32 Å². The molecule has 1 aliphatic rings. The summed E-state index contributed by atoms with van der Waals surface area (Å²) in [6.45, 7) is 0. The molecule has 6 nitrogen and oxygen atoms in total. The van der Waals surface area contributed by atoms with Crippen molar-refractivity contribution in [3.8, 4) is 11.5 Å². The number of methoxy groups -OCH3 is 1. The van der Waals surface area contributed by atoms with Crippen LogP contribution in [0.5, 0.6) is 11.5 Å². The van der Waals surface area contributed by atoms with E-state index >= 15 is 0 Å². The van der Waals surface area contributed by atoms with Gasteiger partial charge in [-0.3, -0.25) is 9.59 Å². The Kier molecular flexibility index (Phi) is 4.67. The number of amides is 1. The van der Waals surface area contributed by atoms with E-state index in [-0.39, 0.29) is 29.2 Å². The molecule has 0 unspecified atom stereocenters. The van der Waals surface area contributed by atoms with Gasteiger partial charge in [0.2, 0.25) is 0 Å². The maximum Gasteiger partial charge on any atom is 0.306 e. The first kappa shape index (κ1) is 15.2. The molecule has 0 heterocycles. The summed E-state index contributed by atoms with van der Waals surface area (Å²) in [5.41, 5.74) is 0.191. The third-order valence-electron chi connectivity index (χ3n) is 3.86. The van der Waals surface area contributed by atoms with Gasteiger partial charge in [0.25, 0.3) is 5.91 Å². The van der Waals surface area contributed by atoms with E-state index in [0.29, 0.717) is 31.4 Å². The fourth-order valence-corrected chi connectivity index (χ4v) is 2.58. The molecule has 0 bridgehead atoms. The summed E-state index contributed by atoms with van der Waals surface area (Å²) in [7, 11) is 1.48. The zero-order valence-corrected chi connectivity index (χ0v) is 11.8. The van der Waals surface area contributed by atoms with Crippen LogP contribution in [-0.2, 0) is 4.79 Å². The van der Waals surface area contributed by atoms with Crippen LogP contribution in [0.2, 0.25) is 0 Å². The molecular weight excluding hydrogens is 274 g/mol. The second kappa shape index (κ2) is 6.47. The van der Waals surface area contributed by atoms with Gasteiger partial charge in [0.05, 0.1) is 18.6 Å². The van der Waals surface area contributed by atoms with Crippen molar-refractivity contribution in [2.45, 2.75) is 31.7 Å². The van der Waals surface area contributed by atoms with E-state index in [4.69, 9.17) is 9.84 Å².